The molecule has 0 fully saturated rings. The Morgan fingerprint density at radius 3 is 3.04 bits per heavy atom. The first-order valence-corrected chi connectivity index (χ1v) is 8.97. The van der Waals surface area contributed by atoms with E-state index in [1.165, 1.54) is 4.90 Å². The van der Waals surface area contributed by atoms with Gasteiger partial charge in [-0.25, -0.2) is 4.79 Å². The molecule has 0 saturated heterocycles. The van der Waals surface area contributed by atoms with E-state index in [1.807, 2.05) is 12.3 Å². The van der Waals surface area contributed by atoms with Crippen LogP contribution in [0.4, 0.5) is 4.79 Å². The van der Waals surface area contributed by atoms with Gasteiger partial charge in [0, 0.05) is 24.9 Å². The van der Waals surface area contributed by atoms with E-state index < -0.39 is 6.10 Å². The van der Waals surface area contributed by atoms with E-state index in [0.717, 1.165) is 17.0 Å². The van der Waals surface area contributed by atoms with E-state index >= 15 is 0 Å². The Morgan fingerprint density at radius 1 is 1.54 bits per heavy atom. The Balaban J connectivity index is 1.74. The maximum absolute atomic E-state index is 12.1. The van der Waals surface area contributed by atoms with Gasteiger partial charge in [-0.05, 0) is 25.3 Å². The lowest BCUT2D eigenvalue weighted by atomic mass is 10.2. The number of hydrogen-bond acceptors (Lipinski definition) is 6. The lowest BCUT2D eigenvalue weighted by Gasteiger charge is -2.30. The van der Waals surface area contributed by atoms with Crippen molar-refractivity contribution >= 4 is 23.8 Å². The second-order valence-corrected chi connectivity index (χ2v) is 6.39. The number of rotatable bonds is 9. The third kappa shape index (κ3) is 5.32. The smallest absolute Gasteiger partial charge is 0.323 e. The number of nitrogens with two attached hydrogens (primary N) is 2. The Labute approximate surface area is 145 Å². The van der Waals surface area contributed by atoms with Gasteiger partial charge in [-0.2, -0.15) is 0 Å². The molecule has 8 N–H and O–H groups in total. The first-order chi connectivity index (χ1) is 11.5. The fourth-order valence-electron chi connectivity index (χ4n) is 2.40. The van der Waals surface area contributed by atoms with Crippen LogP contribution in [0.25, 0.3) is 0 Å². The fourth-order valence-corrected chi connectivity index (χ4v) is 2.89. The van der Waals surface area contributed by atoms with Crippen LogP contribution in [0.2, 0.25) is 0 Å². The quantitative estimate of drug-likeness (QED) is 0.170. The van der Waals surface area contributed by atoms with E-state index in [9.17, 15) is 9.90 Å². The predicted octanol–water partition coefficient (Wildman–Crippen LogP) is -1.36. The number of nitrogens with zero attached hydrogens (tertiary/aromatic N) is 2. The minimum atomic E-state index is -0.661. The zero-order valence-corrected chi connectivity index (χ0v) is 14.5. The van der Waals surface area contributed by atoms with Crippen LogP contribution < -0.4 is 27.4 Å². The Morgan fingerprint density at radius 2 is 2.33 bits per heavy atom. The van der Waals surface area contributed by atoms with Crippen molar-refractivity contribution in [3.8, 4) is 0 Å². The van der Waals surface area contributed by atoms with E-state index in [4.69, 9.17) is 11.5 Å². The molecule has 2 unspecified atom stereocenters. The maximum atomic E-state index is 12.1. The van der Waals surface area contributed by atoms with Gasteiger partial charge in [0.1, 0.15) is 6.17 Å². The number of aliphatic hydroxyl groups excluding tert-OH is 1. The second kappa shape index (κ2) is 8.81. The van der Waals surface area contributed by atoms with Crippen molar-refractivity contribution in [2.75, 3.05) is 32.4 Å². The highest BCUT2D eigenvalue weighted by molar-refractivity contribution is 8.02. The summed E-state index contributed by atoms with van der Waals surface area (Å²) in [6.45, 7) is 1.85. The maximum Gasteiger partial charge on any atom is 0.323 e. The molecule has 0 spiro atoms. The zero-order valence-electron chi connectivity index (χ0n) is 13.7. The van der Waals surface area contributed by atoms with Gasteiger partial charge in [0.25, 0.3) is 0 Å². The molecule has 2 amide bonds. The number of aliphatic imine (C=N–C) groups is 1. The van der Waals surface area contributed by atoms with E-state index in [0.29, 0.717) is 19.6 Å². The summed E-state index contributed by atoms with van der Waals surface area (Å²) in [5, 5.41) is 20.3. The summed E-state index contributed by atoms with van der Waals surface area (Å²) >= 11 is 1.59. The molecular formula is C14H25N7O2S. The summed E-state index contributed by atoms with van der Waals surface area (Å²) in [5.41, 5.74) is 11.5. The molecule has 2 atom stereocenters. The van der Waals surface area contributed by atoms with Crippen LogP contribution in [0.1, 0.15) is 6.42 Å². The highest BCUT2D eigenvalue weighted by Crippen LogP contribution is 2.24. The van der Waals surface area contributed by atoms with Crippen molar-refractivity contribution in [1.29, 1.82) is 0 Å². The standard InChI is InChI=1S/C14H25N7O2S/c1-24-11-5-9-7-21(14(23)20-12(9)19-11)8-10(22)6-17-3-2-4-18-13(15)16/h5,7,10,12,17,19,22H,2-4,6,8H2,1H3,(H,20,23)(H4,15,16,18). The highest BCUT2D eigenvalue weighted by atomic mass is 32.2. The van der Waals surface area contributed by atoms with Gasteiger partial charge in [-0.3, -0.25) is 9.89 Å². The SMILES string of the molecule is CSC1=CC2=CN(CC(O)CNCCCN=C(N)N)C(=O)NC2N1. The average molecular weight is 355 g/mol. The Kier molecular flexibility index (Phi) is 6.76. The van der Waals surface area contributed by atoms with Crippen LogP contribution in [0.3, 0.4) is 0 Å². The number of carbonyl (C=O) groups is 1. The van der Waals surface area contributed by atoms with Crippen LogP contribution in [-0.2, 0) is 0 Å². The number of hydrogen-bond donors (Lipinski definition) is 6. The molecule has 2 aliphatic rings. The Hall–Kier alpha value is -1.91. The molecule has 0 saturated carbocycles. The van der Waals surface area contributed by atoms with Crippen LogP contribution in [0.5, 0.6) is 0 Å². The van der Waals surface area contributed by atoms with Gasteiger partial charge in [-0.1, -0.05) is 0 Å². The van der Waals surface area contributed by atoms with Crippen molar-refractivity contribution in [1.82, 2.24) is 20.9 Å². The number of urea groups is 1. The van der Waals surface area contributed by atoms with Crippen LogP contribution in [0, 0.1) is 0 Å². The van der Waals surface area contributed by atoms with Crippen molar-refractivity contribution < 1.29 is 9.90 Å². The molecule has 0 aromatic heterocycles. The van der Waals surface area contributed by atoms with Gasteiger partial charge < -0.3 is 32.5 Å². The molecule has 0 bridgehead atoms. The van der Waals surface area contributed by atoms with Gasteiger partial charge in [0.2, 0.25) is 0 Å². The number of β-amino-alcohol motifs (C(OH)–C–C–N with tert-alkyl or cyclic N) is 1. The van der Waals surface area contributed by atoms with Crippen LogP contribution in [-0.4, -0.2) is 66.7 Å². The average Bonchev–Trinajstić information content (AvgIpc) is 2.92. The number of thioether (sulfide) groups is 1. The Bertz CT molecular complexity index is 545. The highest BCUT2D eigenvalue weighted by Gasteiger charge is 2.30. The molecule has 2 heterocycles. The van der Waals surface area contributed by atoms with E-state index in [2.05, 4.69) is 20.9 Å². The number of aliphatic hydroxyl groups is 1. The van der Waals surface area contributed by atoms with Crippen molar-refractivity contribution in [3.05, 3.63) is 22.9 Å². The molecule has 9 nitrogen and oxygen atoms in total. The monoisotopic (exact) mass is 355 g/mol. The number of guanidine groups is 1. The fraction of sp³-hybridized carbons (Fsp3) is 0.571. The summed E-state index contributed by atoms with van der Waals surface area (Å²) in [7, 11) is 0. The third-order valence-corrected chi connectivity index (χ3v) is 4.24. The van der Waals surface area contributed by atoms with Gasteiger partial charge in [0.05, 0.1) is 17.7 Å². The number of nitrogens with one attached hydrogen (secondary N) is 3. The number of fused-ring (bicyclic) bond motifs is 1. The number of carbonyl (C=O) groups excluding carboxylic acids is 1. The summed E-state index contributed by atoms with van der Waals surface area (Å²) in [6.07, 6.45) is 5.68. The lowest BCUT2D eigenvalue weighted by molar-refractivity contribution is 0.132. The van der Waals surface area contributed by atoms with E-state index in [-0.39, 0.29) is 24.7 Å². The second-order valence-electron chi connectivity index (χ2n) is 5.54. The molecule has 0 aliphatic carbocycles. The van der Waals surface area contributed by atoms with E-state index in [1.54, 1.807) is 18.0 Å². The molecule has 0 aromatic carbocycles. The van der Waals surface area contributed by atoms with Crippen LogP contribution in [0.15, 0.2) is 27.9 Å². The molecule has 134 valence electrons. The largest absolute Gasteiger partial charge is 0.390 e. The first kappa shape index (κ1) is 18.4. The molecule has 0 radical (unpaired) electrons. The lowest BCUT2D eigenvalue weighted by Crippen LogP contribution is -2.53. The van der Waals surface area contributed by atoms with Crippen molar-refractivity contribution in [2.24, 2.45) is 16.5 Å². The topological polar surface area (TPSA) is 141 Å². The molecule has 2 aliphatic heterocycles. The summed E-state index contributed by atoms with van der Waals surface area (Å²) in [6, 6.07) is -0.223. The van der Waals surface area contributed by atoms with Gasteiger partial charge in [-0.15, -0.1) is 11.8 Å². The number of amides is 2. The molecular weight excluding hydrogens is 330 g/mol. The first-order valence-electron chi connectivity index (χ1n) is 7.75. The van der Waals surface area contributed by atoms with Crippen molar-refractivity contribution in [3.63, 3.8) is 0 Å². The molecule has 10 heteroatoms. The predicted molar refractivity (Wildman–Crippen MR) is 96.0 cm³/mol. The van der Waals surface area contributed by atoms with Crippen molar-refractivity contribution in [2.45, 2.75) is 18.7 Å². The molecule has 0 aromatic rings. The molecule has 24 heavy (non-hydrogen) atoms. The van der Waals surface area contributed by atoms with Gasteiger partial charge >= 0.3 is 6.03 Å². The molecule has 2 rings (SSSR count). The third-order valence-electron chi connectivity index (χ3n) is 3.56. The zero-order chi connectivity index (χ0) is 17.5. The summed E-state index contributed by atoms with van der Waals surface area (Å²) in [5.74, 6) is 0.0811. The summed E-state index contributed by atoms with van der Waals surface area (Å²) < 4.78 is 0. The summed E-state index contributed by atoms with van der Waals surface area (Å²) in [4.78, 5) is 17.5. The normalized spacial score (nSPS) is 20.5. The van der Waals surface area contributed by atoms with Gasteiger partial charge in [0.15, 0.2) is 5.96 Å². The minimum absolute atomic E-state index is 0.0811. The van der Waals surface area contributed by atoms with Crippen LogP contribution >= 0.6 is 11.8 Å². The minimum Gasteiger partial charge on any atom is -0.390 e.